The van der Waals surface area contributed by atoms with E-state index in [0.717, 1.165) is 0 Å². The smallest absolute Gasteiger partial charge is 0.446 e. The van der Waals surface area contributed by atoms with E-state index in [9.17, 15) is 93.0 Å². The Labute approximate surface area is 301 Å². The van der Waals surface area contributed by atoms with Gasteiger partial charge in [-0.15, -0.1) is 0 Å². The first kappa shape index (κ1) is 53.0. The zero-order valence-electron chi connectivity index (χ0n) is 27.9. The van der Waals surface area contributed by atoms with Crippen LogP contribution in [0.25, 0.3) is 0 Å². The molecule has 31 heteroatoms. The molecule has 4 atom stereocenters. The Morgan fingerprint density at radius 2 is 1.02 bits per heavy atom. The maximum atomic E-state index is 14.2. The van der Waals surface area contributed by atoms with Crippen LogP contribution in [0.4, 0.5) is 93.0 Å². The molecule has 0 radical (unpaired) electrons. The molecule has 56 heavy (non-hydrogen) atoms. The predicted molar refractivity (Wildman–Crippen MR) is 140 cm³/mol. The Bertz CT molecular complexity index is 1170. The number of hydrogen-bond acceptors (Lipinski definition) is 10. The zero-order chi connectivity index (χ0) is 43.9. The molecule has 0 rings (SSSR count). The molecule has 0 aromatic heterocycles. The van der Waals surface area contributed by atoms with Gasteiger partial charge in [0.2, 0.25) is 0 Å². The van der Waals surface area contributed by atoms with Gasteiger partial charge in [0.15, 0.2) is 18.8 Å². The number of hydrogen-bond donors (Lipinski definition) is 2. The highest BCUT2D eigenvalue weighted by atomic mass is 19.4. The van der Waals surface area contributed by atoms with Crippen LogP contribution in [0, 0.1) is 0 Å². The second kappa shape index (κ2) is 21.6. The van der Waals surface area contributed by atoms with Crippen molar-refractivity contribution in [3.63, 3.8) is 0 Å². The summed E-state index contributed by atoms with van der Waals surface area (Å²) >= 11 is 0. The molecular weight excluding hydrogens is 849 g/mol. The van der Waals surface area contributed by atoms with Crippen molar-refractivity contribution >= 4 is 12.2 Å². The average Bonchev–Trinajstić information content (AvgIpc) is 3.02. The monoisotopic (exact) mass is 880 g/mol. The number of ether oxygens (including phenoxy) is 8. The fraction of sp³-hybridized carbons (Fsp3) is 0.920. The highest BCUT2D eigenvalue weighted by Crippen LogP contribution is 2.49. The van der Waals surface area contributed by atoms with Crippen molar-refractivity contribution in [2.75, 3.05) is 73.1 Å². The largest absolute Gasteiger partial charge is 0.457 e. The molecule has 0 aromatic carbocycles. The molecule has 2 N–H and O–H groups in total. The topological polar surface area (TPSA) is 132 Å². The summed E-state index contributed by atoms with van der Waals surface area (Å²) in [6.07, 6.45) is -47.6. The first-order valence-electron chi connectivity index (χ1n) is 14.8. The predicted octanol–water partition coefficient (Wildman–Crippen LogP) is 6.42. The summed E-state index contributed by atoms with van der Waals surface area (Å²) in [7, 11) is 0.477. The van der Waals surface area contributed by atoms with Crippen molar-refractivity contribution in [1.29, 1.82) is 0 Å². The van der Waals surface area contributed by atoms with E-state index in [0.29, 0.717) is 7.11 Å². The number of alkyl carbamates (subject to hydrolysis) is 2. The number of methoxy groups -OCH3 is 1. The number of halogens is 19. The minimum absolute atomic E-state index is 0.0283. The highest BCUT2D eigenvalue weighted by Gasteiger charge is 2.76. The average molecular weight is 880 g/mol. The van der Waals surface area contributed by atoms with Crippen LogP contribution in [0.15, 0.2) is 0 Å². The van der Waals surface area contributed by atoms with E-state index in [4.69, 9.17) is 9.47 Å². The Balaban J connectivity index is 4.47. The summed E-state index contributed by atoms with van der Waals surface area (Å²) in [6.45, 7) is -11.2. The lowest BCUT2D eigenvalue weighted by molar-refractivity contribution is -0.480. The quantitative estimate of drug-likeness (QED) is 0.0828. The Kier molecular flexibility index (Phi) is 20.5. The van der Waals surface area contributed by atoms with E-state index >= 15 is 0 Å². The molecule has 0 fully saturated rings. The normalized spacial score (nSPS) is 16.7. The summed E-state index contributed by atoms with van der Waals surface area (Å²) in [5, 5.41) is 3.65. The number of amides is 2. The van der Waals surface area contributed by atoms with Gasteiger partial charge in [0, 0.05) is 33.4 Å². The van der Waals surface area contributed by atoms with Crippen molar-refractivity contribution in [2.45, 2.75) is 73.7 Å². The molecule has 334 valence electrons. The minimum Gasteiger partial charge on any atom is -0.446 e. The van der Waals surface area contributed by atoms with Crippen LogP contribution in [-0.2, 0) is 37.9 Å². The number of carbonyl (C=O) groups excluding carboxylic acids is 2. The van der Waals surface area contributed by atoms with Gasteiger partial charge in [-0.1, -0.05) is 0 Å². The van der Waals surface area contributed by atoms with E-state index < -0.39 is 106 Å². The molecule has 0 aliphatic rings. The van der Waals surface area contributed by atoms with E-state index in [1.165, 1.54) is 0 Å². The fourth-order valence-electron chi connectivity index (χ4n) is 3.13. The third-order valence-corrected chi connectivity index (χ3v) is 5.96. The standard InChI is InChI=1S/C25H31F19N2O10/c1-49-14(20(30,31)32)11-54-18(26,23(37,38)39)12-53-17(48)46-5-3-7-51-9-8-50-6-2-4-45-16(47)52-10-15(21(33,34)35)56-25(43,44)22(36,24(40,41)42)55-13-19(27,28)29/h14-15H,2-13H2,1H3,(H,45,47)(H,46,48). The van der Waals surface area contributed by atoms with Crippen LogP contribution in [0.2, 0.25) is 0 Å². The summed E-state index contributed by atoms with van der Waals surface area (Å²) < 4.78 is 278. The van der Waals surface area contributed by atoms with Crippen LogP contribution in [0.5, 0.6) is 0 Å². The molecule has 12 nitrogen and oxygen atoms in total. The zero-order valence-corrected chi connectivity index (χ0v) is 27.9. The second-order valence-electron chi connectivity index (χ2n) is 10.4. The van der Waals surface area contributed by atoms with Gasteiger partial charge in [-0.2, -0.15) is 83.4 Å². The van der Waals surface area contributed by atoms with Crippen LogP contribution in [0.3, 0.4) is 0 Å². The number of rotatable bonds is 24. The summed E-state index contributed by atoms with van der Waals surface area (Å²) in [6, 6.07) is 0. The number of alkyl halides is 19. The molecule has 2 amide bonds. The minimum atomic E-state index is -7.06. The lowest BCUT2D eigenvalue weighted by atomic mass is 10.2. The van der Waals surface area contributed by atoms with Crippen molar-refractivity contribution in [2.24, 2.45) is 0 Å². The Morgan fingerprint density at radius 3 is 1.41 bits per heavy atom. The maximum Gasteiger partial charge on any atom is 0.457 e. The molecule has 0 aliphatic carbocycles. The molecule has 0 aliphatic heterocycles. The molecule has 0 saturated carbocycles. The number of nitrogens with one attached hydrogen (secondary N) is 2. The molecule has 0 heterocycles. The second-order valence-corrected chi connectivity index (χ2v) is 10.4. The van der Waals surface area contributed by atoms with Gasteiger partial charge in [0.05, 0.1) is 19.8 Å². The SMILES string of the molecule is COC(COC(F)(COC(=O)NCCCOCCOCCCNC(=O)OCC(OC(F)(F)C(F)(OCC(F)(F)F)C(F)(F)F)C(F)(F)F)C(F)(F)F)C(F)(F)F. The Morgan fingerprint density at radius 1 is 0.554 bits per heavy atom. The van der Waals surface area contributed by atoms with Crippen LogP contribution in [0.1, 0.15) is 12.8 Å². The van der Waals surface area contributed by atoms with Crippen LogP contribution < -0.4 is 10.6 Å². The highest BCUT2D eigenvalue weighted by molar-refractivity contribution is 5.67. The van der Waals surface area contributed by atoms with Gasteiger partial charge in [-0.3, -0.25) is 4.74 Å². The molecule has 0 spiro atoms. The molecule has 4 unspecified atom stereocenters. The van der Waals surface area contributed by atoms with E-state index in [1.807, 2.05) is 5.32 Å². The van der Waals surface area contributed by atoms with Gasteiger partial charge in [0.25, 0.3) is 0 Å². The van der Waals surface area contributed by atoms with Gasteiger partial charge in [0.1, 0.15) is 13.2 Å². The van der Waals surface area contributed by atoms with Gasteiger partial charge >= 0.3 is 60.9 Å². The van der Waals surface area contributed by atoms with E-state index in [-0.39, 0.29) is 45.8 Å². The lowest BCUT2D eigenvalue weighted by Crippen LogP contribution is -2.61. The van der Waals surface area contributed by atoms with Crippen molar-refractivity contribution in [3.8, 4) is 0 Å². The van der Waals surface area contributed by atoms with Crippen molar-refractivity contribution in [3.05, 3.63) is 0 Å². The summed E-state index contributed by atoms with van der Waals surface area (Å²) in [4.78, 5) is 23.1. The first-order valence-corrected chi connectivity index (χ1v) is 14.8. The first-order chi connectivity index (χ1) is 25.2. The van der Waals surface area contributed by atoms with Gasteiger partial charge in [-0.25, -0.2) is 9.59 Å². The van der Waals surface area contributed by atoms with Crippen LogP contribution in [-0.4, -0.2) is 146 Å². The van der Waals surface area contributed by atoms with Gasteiger partial charge < -0.3 is 43.8 Å². The lowest BCUT2D eigenvalue weighted by Gasteiger charge is -2.36. The van der Waals surface area contributed by atoms with Crippen molar-refractivity contribution < 1.29 is 131 Å². The third kappa shape index (κ3) is 18.9. The molecule has 0 bridgehead atoms. The van der Waals surface area contributed by atoms with Gasteiger partial charge in [-0.05, 0) is 12.8 Å². The molecule has 0 saturated heterocycles. The van der Waals surface area contributed by atoms with Crippen molar-refractivity contribution in [1.82, 2.24) is 10.6 Å². The van der Waals surface area contributed by atoms with E-state index in [1.54, 1.807) is 5.32 Å². The third-order valence-electron chi connectivity index (χ3n) is 5.96. The maximum absolute atomic E-state index is 14.2. The number of carbonyl (C=O) groups is 2. The summed E-state index contributed by atoms with van der Waals surface area (Å²) in [5.74, 6) is -11.6. The summed E-state index contributed by atoms with van der Waals surface area (Å²) in [5.41, 5.74) is 0. The molecular formula is C25H31F19N2O10. The Hall–Kier alpha value is -3.03. The molecule has 0 aromatic rings. The van der Waals surface area contributed by atoms with E-state index in [2.05, 4.69) is 28.4 Å². The van der Waals surface area contributed by atoms with Crippen LogP contribution >= 0.6 is 0 Å². The fourth-order valence-corrected chi connectivity index (χ4v) is 3.13.